The molecule has 0 unspecified atom stereocenters. The molecule has 0 N–H and O–H groups in total. The lowest BCUT2D eigenvalue weighted by Crippen LogP contribution is -2.30. The molecule has 2 aromatic rings. The van der Waals surface area contributed by atoms with E-state index in [1.807, 2.05) is 50.2 Å². The SMILES string of the molecule is CCN(Cc1ccccn1)C(=O)c1ccc(C)cc1Br. The lowest BCUT2D eigenvalue weighted by atomic mass is 10.1. The highest BCUT2D eigenvalue weighted by atomic mass is 79.9. The first-order valence-electron chi connectivity index (χ1n) is 6.57. The topological polar surface area (TPSA) is 33.2 Å². The lowest BCUT2D eigenvalue weighted by molar-refractivity contribution is 0.0749. The van der Waals surface area contributed by atoms with E-state index in [-0.39, 0.29) is 5.91 Å². The summed E-state index contributed by atoms with van der Waals surface area (Å²) in [4.78, 5) is 18.6. The third kappa shape index (κ3) is 3.45. The molecule has 0 saturated carbocycles. The summed E-state index contributed by atoms with van der Waals surface area (Å²) in [5, 5.41) is 0. The van der Waals surface area contributed by atoms with Crippen LogP contribution in [-0.2, 0) is 6.54 Å². The monoisotopic (exact) mass is 332 g/mol. The maximum atomic E-state index is 12.6. The van der Waals surface area contributed by atoms with Crippen molar-refractivity contribution in [2.45, 2.75) is 20.4 Å². The molecular weight excluding hydrogens is 316 g/mol. The highest BCUT2D eigenvalue weighted by Crippen LogP contribution is 2.20. The van der Waals surface area contributed by atoms with Crippen LogP contribution in [-0.4, -0.2) is 22.3 Å². The molecule has 0 saturated heterocycles. The van der Waals surface area contributed by atoms with Crippen LogP contribution in [0.5, 0.6) is 0 Å². The Bertz CT molecular complexity index is 599. The van der Waals surface area contributed by atoms with Gasteiger partial charge in [0.15, 0.2) is 0 Å². The number of aryl methyl sites for hydroxylation is 1. The Morgan fingerprint density at radius 3 is 2.70 bits per heavy atom. The number of hydrogen-bond donors (Lipinski definition) is 0. The second-order valence-electron chi connectivity index (χ2n) is 4.62. The molecule has 0 aliphatic carbocycles. The van der Waals surface area contributed by atoms with Crippen molar-refractivity contribution in [1.82, 2.24) is 9.88 Å². The average Bonchev–Trinajstić information content (AvgIpc) is 2.45. The van der Waals surface area contributed by atoms with Gasteiger partial charge in [-0.15, -0.1) is 0 Å². The smallest absolute Gasteiger partial charge is 0.255 e. The van der Waals surface area contributed by atoms with Crippen molar-refractivity contribution < 1.29 is 4.79 Å². The fourth-order valence-electron chi connectivity index (χ4n) is 1.98. The Morgan fingerprint density at radius 2 is 2.10 bits per heavy atom. The van der Waals surface area contributed by atoms with Crippen LogP contribution in [0, 0.1) is 6.92 Å². The van der Waals surface area contributed by atoms with Crippen molar-refractivity contribution in [3.8, 4) is 0 Å². The van der Waals surface area contributed by atoms with Crippen molar-refractivity contribution in [2.24, 2.45) is 0 Å². The highest BCUT2D eigenvalue weighted by molar-refractivity contribution is 9.10. The summed E-state index contributed by atoms with van der Waals surface area (Å²) in [6, 6.07) is 11.5. The molecule has 104 valence electrons. The van der Waals surface area contributed by atoms with E-state index in [4.69, 9.17) is 0 Å². The molecule has 2 rings (SSSR count). The molecule has 1 heterocycles. The molecule has 1 aromatic heterocycles. The molecule has 0 fully saturated rings. The minimum atomic E-state index is 0.0185. The van der Waals surface area contributed by atoms with Gasteiger partial charge in [0, 0.05) is 17.2 Å². The van der Waals surface area contributed by atoms with Crippen LogP contribution in [0.2, 0.25) is 0 Å². The van der Waals surface area contributed by atoms with E-state index in [0.29, 0.717) is 18.7 Å². The summed E-state index contributed by atoms with van der Waals surface area (Å²) in [6.07, 6.45) is 1.75. The normalized spacial score (nSPS) is 10.3. The largest absolute Gasteiger partial charge is 0.333 e. The van der Waals surface area contributed by atoms with Gasteiger partial charge in [-0.2, -0.15) is 0 Å². The van der Waals surface area contributed by atoms with Gasteiger partial charge < -0.3 is 4.90 Å². The molecule has 4 heteroatoms. The number of nitrogens with zero attached hydrogens (tertiary/aromatic N) is 2. The number of hydrogen-bond acceptors (Lipinski definition) is 2. The Hall–Kier alpha value is -1.68. The van der Waals surface area contributed by atoms with Gasteiger partial charge in [0.2, 0.25) is 0 Å². The van der Waals surface area contributed by atoms with Gasteiger partial charge in [-0.25, -0.2) is 0 Å². The molecule has 1 aromatic carbocycles. The molecular formula is C16H17BrN2O. The van der Waals surface area contributed by atoms with Gasteiger partial charge in [0.25, 0.3) is 5.91 Å². The number of halogens is 1. The number of carbonyl (C=O) groups excluding carboxylic acids is 1. The zero-order valence-electron chi connectivity index (χ0n) is 11.6. The number of rotatable bonds is 4. The van der Waals surface area contributed by atoms with E-state index >= 15 is 0 Å². The first-order valence-corrected chi connectivity index (χ1v) is 7.36. The summed E-state index contributed by atoms with van der Waals surface area (Å²) in [6.45, 7) is 5.15. The van der Waals surface area contributed by atoms with Gasteiger partial charge >= 0.3 is 0 Å². The van der Waals surface area contributed by atoms with E-state index in [1.54, 1.807) is 11.1 Å². The Morgan fingerprint density at radius 1 is 1.30 bits per heavy atom. The van der Waals surface area contributed by atoms with Crippen LogP contribution >= 0.6 is 15.9 Å². The van der Waals surface area contributed by atoms with E-state index in [2.05, 4.69) is 20.9 Å². The fraction of sp³-hybridized carbons (Fsp3) is 0.250. The van der Waals surface area contributed by atoms with Crippen LogP contribution in [0.15, 0.2) is 47.1 Å². The van der Waals surface area contributed by atoms with Crippen LogP contribution in [0.3, 0.4) is 0 Å². The zero-order chi connectivity index (χ0) is 14.5. The van der Waals surface area contributed by atoms with Gasteiger partial charge in [0.05, 0.1) is 17.8 Å². The number of amides is 1. The molecule has 0 bridgehead atoms. The third-order valence-electron chi connectivity index (χ3n) is 3.10. The standard InChI is InChI=1S/C16H17BrN2O/c1-3-19(11-13-6-4-5-9-18-13)16(20)14-8-7-12(2)10-15(14)17/h4-10H,3,11H2,1-2H3. The number of aromatic nitrogens is 1. The van der Waals surface area contributed by atoms with Crippen molar-refractivity contribution in [1.29, 1.82) is 0 Å². The van der Waals surface area contributed by atoms with Crippen molar-refractivity contribution in [3.05, 3.63) is 63.9 Å². The number of carbonyl (C=O) groups is 1. The zero-order valence-corrected chi connectivity index (χ0v) is 13.2. The summed E-state index contributed by atoms with van der Waals surface area (Å²) in [5.74, 6) is 0.0185. The van der Waals surface area contributed by atoms with Crippen molar-refractivity contribution in [2.75, 3.05) is 6.54 Å². The van der Waals surface area contributed by atoms with Gasteiger partial charge in [-0.05, 0) is 59.6 Å². The van der Waals surface area contributed by atoms with E-state index in [1.165, 1.54) is 0 Å². The maximum absolute atomic E-state index is 12.6. The molecule has 3 nitrogen and oxygen atoms in total. The van der Waals surface area contributed by atoms with Gasteiger partial charge in [-0.1, -0.05) is 12.1 Å². The predicted molar refractivity (Wildman–Crippen MR) is 83.5 cm³/mol. The maximum Gasteiger partial charge on any atom is 0.255 e. The summed E-state index contributed by atoms with van der Waals surface area (Å²) >= 11 is 3.47. The lowest BCUT2D eigenvalue weighted by Gasteiger charge is -2.21. The predicted octanol–water partition coefficient (Wildman–Crippen LogP) is 3.81. The minimum absolute atomic E-state index is 0.0185. The Kier molecular flexibility index (Phi) is 4.90. The second kappa shape index (κ2) is 6.66. The molecule has 1 amide bonds. The van der Waals surface area contributed by atoms with Crippen LogP contribution in [0.4, 0.5) is 0 Å². The van der Waals surface area contributed by atoms with Gasteiger partial charge in [-0.3, -0.25) is 9.78 Å². The molecule has 0 aliphatic heterocycles. The number of pyridine rings is 1. The Labute approximate surface area is 127 Å². The van der Waals surface area contributed by atoms with Crippen molar-refractivity contribution >= 4 is 21.8 Å². The van der Waals surface area contributed by atoms with Crippen molar-refractivity contribution in [3.63, 3.8) is 0 Å². The summed E-state index contributed by atoms with van der Waals surface area (Å²) in [5.41, 5.74) is 2.71. The molecule has 0 spiro atoms. The fourth-order valence-corrected chi connectivity index (χ4v) is 2.64. The van der Waals surface area contributed by atoms with Crippen LogP contribution in [0.1, 0.15) is 28.5 Å². The minimum Gasteiger partial charge on any atom is -0.333 e. The van der Waals surface area contributed by atoms with Crippen LogP contribution in [0.25, 0.3) is 0 Å². The number of benzene rings is 1. The quantitative estimate of drug-likeness (QED) is 0.852. The summed E-state index contributed by atoms with van der Waals surface area (Å²) in [7, 11) is 0. The summed E-state index contributed by atoms with van der Waals surface area (Å²) < 4.78 is 0.835. The van der Waals surface area contributed by atoms with Gasteiger partial charge in [0.1, 0.15) is 0 Å². The average molecular weight is 333 g/mol. The highest BCUT2D eigenvalue weighted by Gasteiger charge is 2.17. The molecule has 20 heavy (non-hydrogen) atoms. The molecule has 0 radical (unpaired) electrons. The van der Waals surface area contributed by atoms with E-state index < -0.39 is 0 Å². The van der Waals surface area contributed by atoms with Crippen LogP contribution < -0.4 is 0 Å². The van der Waals surface area contributed by atoms with E-state index in [0.717, 1.165) is 15.7 Å². The Balaban J connectivity index is 2.21. The first kappa shape index (κ1) is 14.7. The third-order valence-corrected chi connectivity index (χ3v) is 3.76. The second-order valence-corrected chi connectivity index (χ2v) is 5.48. The molecule has 0 aliphatic rings. The van der Waals surface area contributed by atoms with E-state index in [9.17, 15) is 4.79 Å². The molecule has 0 atom stereocenters. The first-order chi connectivity index (χ1) is 9.61.